The molecule has 0 radical (unpaired) electrons. The molecule has 0 aromatic rings. The van der Waals surface area contributed by atoms with Gasteiger partial charge in [-0.15, -0.1) is 6.42 Å². The Balaban J connectivity index is 0.000000720. The molecule has 1 heterocycles. The second kappa shape index (κ2) is 3.80. The van der Waals surface area contributed by atoms with E-state index in [1.807, 2.05) is 0 Å². The largest absolute Gasteiger partial charge is 0.567 e. The van der Waals surface area contributed by atoms with Crippen molar-refractivity contribution in [2.45, 2.75) is 31.4 Å². The fourth-order valence-electron chi connectivity index (χ4n) is 1.56. The summed E-state index contributed by atoms with van der Waals surface area (Å²) in [5.74, 6) is 0. The van der Waals surface area contributed by atoms with Crippen molar-refractivity contribution in [2.75, 3.05) is 7.11 Å². The number of hydrogen-bond acceptors (Lipinski definition) is 3. The minimum absolute atomic E-state index is 0. The van der Waals surface area contributed by atoms with Gasteiger partial charge in [-0.25, -0.2) is 4.84 Å². The van der Waals surface area contributed by atoms with Crippen molar-refractivity contribution in [3.63, 3.8) is 0 Å². The fraction of sp³-hybridized carbons (Fsp3) is 0.857. The number of epoxide rings is 1. The van der Waals surface area contributed by atoms with Gasteiger partial charge in [0.25, 0.3) is 6.04 Å². The van der Waals surface area contributed by atoms with Gasteiger partial charge in [0.2, 0.25) is 4.92 Å². The molecule has 0 amide bonds. The van der Waals surface area contributed by atoms with E-state index in [9.17, 15) is 4.91 Å². The van der Waals surface area contributed by atoms with Crippen LogP contribution in [-0.4, -0.2) is 24.2 Å². The summed E-state index contributed by atoms with van der Waals surface area (Å²) in [5.41, 5.74) is 0. The van der Waals surface area contributed by atoms with E-state index in [-0.39, 0.29) is 31.6 Å². The third kappa shape index (κ3) is 1.83. The fourth-order valence-corrected chi connectivity index (χ4v) is 1.56. The smallest absolute Gasteiger partial charge is 0.254 e. The van der Waals surface area contributed by atoms with Gasteiger partial charge < -0.3 is 4.74 Å². The van der Waals surface area contributed by atoms with Gasteiger partial charge in [0.05, 0.1) is 4.91 Å². The molecule has 1 saturated heterocycles. The molecule has 64 valence electrons. The third-order valence-electron chi connectivity index (χ3n) is 2.28. The van der Waals surface area contributed by atoms with E-state index in [0.29, 0.717) is 4.92 Å². The quantitative estimate of drug-likeness (QED) is 0.301. The monoisotopic (exact) mass is 221 g/mol. The van der Waals surface area contributed by atoms with Crippen molar-refractivity contribution in [2.24, 2.45) is 0 Å². The maximum atomic E-state index is 11.0. The van der Waals surface area contributed by atoms with Gasteiger partial charge in [-0.2, -0.15) is 6.10 Å². The SMILES string of the molecule is CO[N+](=O)C1CC[C-]2OC2C1.[Zn]. The normalized spacial score (nSPS) is 33.1. The Bertz CT molecular complexity index is 187. The van der Waals surface area contributed by atoms with Crippen LogP contribution in [0, 0.1) is 11.0 Å². The minimum atomic E-state index is -0.00347. The maximum Gasteiger partial charge on any atom is 0.254 e. The zero-order valence-electron chi connectivity index (χ0n) is 7.16. The predicted molar refractivity (Wildman–Crippen MR) is 36.4 cm³/mol. The summed E-state index contributed by atoms with van der Waals surface area (Å²) < 4.78 is 5.20. The molecule has 0 N–H and O–H groups in total. The van der Waals surface area contributed by atoms with Crippen LogP contribution in [0.3, 0.4) is 0 Å². The molecular formula is C7H11NO3Zn. The van der Waals surface area contributed by atoms with Crippen molar-refractivity contribution in [3.05, 3.63) is 11.0 Å². The van der Waals surface area contributed by atoms with Crippen LogP contribution in [0.15, 0.2) is 0 Å². The van der Waals surface area contributed by atoms with Crippen molar-refractivity contribution in [1.29, 1.82) is 0 Å². The first-order chi connectivity index (χ1) is 5.31. The van der Waals surface area contributed by atoms with Crippen LogP contribution < -0.4 is 0 Å². The van der Waals surface area contributed by atoms with Crippen LogP contribution in [0.1, 0.15) is 19.3 Å². The van der Waals surface area contributed by atoms with Crippen molar-refractivity contribution in [3.8, 4) is 0 Å². The van der Waals surface area contributed by atoms with Crippen molar-refractivity contribution in [1.82, 2.24) is 0 Å². The average molecular weight is 223 g/mol. The van der Waals surface area contributed by atoms with Gasteiger partial charge in [0.1, 0.15) is 0 Å². The van der Waals surface area contributed by atoms with E-state index in [0.717, 1.165) is 19.3 Å². The predicted octanol–water partition coefficient (Wildman–Crippen LogP) is 0.807. The molecule has 0 aromatic carbocycles. The Morgan fingerprint density at radius 2 is 2.42 bits per heavy atom. The minimum Gasteiger partial charge on any atom is -0.567 e. The zero-order valence-corrected chi connectivity index (χ0v) is 10.1. The Morgan fingerprint density at radius 1 is 1.67 bits per heavy atom. The van der Waals surface area contributed by atoms with Crippen LogP contribution in [0.25, 0.3) is 0 Å². The molecule has 2 unspecified atom stereocenters. The van der Waals surface area contributed by atoms with Gasteiger partial charge in [0, 0.05) is 25.9 Å². The topological polar surface area (TPSA) is 41.8 Å². The number of rotatable bonds is 2. The van der Waals surface area contributed by atoms with Crippen LogP contribution in [0.2, 0.25) is 0 Å². The van der Waals surface area contributed by atoms with Gasteiger partial charge in [-0.3, -0.25) is 0 Å². The molecule has 2 atom stereocenters. The zero-order chi connectivity index (χ0) is 7.84. The molecule has 4 nitrogen and oxygen atoms in total. The summed E-state index contributed by atoms with van der Waals surface area (Å²) in [6.45, 7) is 0. The Kier molecular flexibility index (Phi) is 3.18. The second-order valence-corrected chi connectivity index (χ2v) is 2.97. The van der Waals surface area contributed by atoms with Crippen LogP contribution in [-0.2, 0) is 29.1 Å². The van der Waals surface area contributed by atoms with E-state index >= 15 is 0 Å². The summed E-state index contributed by atoms with van der Waals surface area (Å²) in [4.78, 5) is 16.2. The van der Waals surface area contributed by atoms with Crippen LogP contribution in [0.5, 0.6) is 0 Å². The van der Waals surface area contributed by atoms with Crippen molar-refractivity contribution >= 4 is 0 Å². The summed E-state index contributed by atoms with van der Waals surface area (Å²) in [5, 5.41) is 0. The van der Waals surface area contributed by atoms with Crippen LogP contribution in [0.4, 0.5) is 0 Å². The standard InChI is InChI=1S/C7H11NO3.Zn/c1-10-8(9)5-2-3-6-7(4-5)11-6;/h5,7H,2-4H2,1H3;. The number of nitrogens with zero attached hydrogens (tertiary/aromatic N) is 1. The Hall–Kier alpha value is -0.0166. The van der Waals surface area contributed by atoms with Gasteiger partial charge in [0.15, 0.2) is 7.11 Å². The third-order valence-corrected chi connectivity index (χ3v) is 2.28. The summed E-state index contributed by atoms with van der Waals surface area (Å²) in [7, 11) is 1.40. The Labute approximate surface area is 83.9 Å². The number of fused-ring (bicyclic) bond motifs is 1. The van der Waals surface area contributed by atoms with E-state index in [2.05, 4.69) is 4.84 Å². The second-order valence-electron chi connectivity index (χ2n) is 2.97. The summed E-state index contributed by atoms with van der Waals surface area (Å²) >= 11 is 0. The summed E-state index contributed by atoms with van der Waals surface area (Å²) in [6, 6.07) is -0.00347. The van der Waals surface area contributed by atoms with Crippen LogP contribution >= 0.6 is 0 Å². The summed E-state index contributed by atoms with van der Waals surface area (Å²) in [6.07, 6.45) is 4.03. The molecule has 0 aromatic heterocycles. The molecule has 0 bridgehead atoms. The van der Waals surface area contributed by atoms with E-state index < -0.39 is 0 Å². The van der Waals surface area contributed by atoms with Gasteiger partial charge in [-0.05, 0) is 6.42 Å². The molecule has 5 heteroatoms. The molecule has 2 aliphatic rings. The van der Waals surface area contributed by atoms with E-state index in [1.165, 1.54) is 13.2 Å². The number of ether oxygens (including phenoxy) is 1. The first kappa shape index (κ1) is 10.1. The first-order valence-electron chi connectivity index (χ1n) is 3.84. The van der Waals surface area contributed by atoms with Crippen molar-refractivity contribution < 1.29 is 34.0 Å². The molecular weight excluding hydrogens is 211 g/mol. The molecule has 2 fully saturated rings. The maximum absolute atomic E-state index is 11.0. The van der Waals surface area contributed by atoms with E-state index in [1.54, 1.807) is 0 Å². The molecule has 0 spiro atoms. The number of hydrogen-bond donors (Lipinski definition) is 0. The van der Waals surface area contributed by atoms with E-state index in [4.69, 9.17) is 4.74 Å². The Morgan fingerprint density at radius 3 is 3.00 bits per heavy atom. The average Bonchev–Trinajstić information content (AvgIpc) is 2.80. The van der Waals surface area contributed by atoms with Gasteiger partial charge in [-0.1, -0.05) is 6.10 Å². The molecule has 1 aliphatic heterocycles. The van der Waals surface area contributed by atoms with Gasteiger partial charge >= 0.3 is 0 Å². The first-order valence-corrected chi connectivity index (χ1v) is 3.84. The molecule has 2 rings (SSSR count). The molecule has 12 heavy (non-hydrogen) atoms. The molecule has 1 aliphatic carbocycles. The molecule has 1 saturated carbocycles.